The summed E-state index contributed by atoms with van der Waals surface area (Å²) in [6, 6.07) is 15.5. The quantitative estimate of drug-likeness (QED) is 0.387. The van der Waals surface area contributed by atoms with E-state index in [9.17, 15) is 9.59 Å². The fourth-order valence-corrected chi connectivity index (χ4v) is 5.86. The summed E-state index contributed by atoms with van der Waals surface area (Å²) in [4.78, 5) is 36.7. The molecule has 1 fully saturated rings. The SMILES string of the molecule is COCCCCn1c(C(=O)N(CC(C)C)[C@@H]2CNCC(C(=O)N3CCOc4ccccc43)C2)nc2ccccc21. The summed E-state index contributed by atoms with van der Waals surface area (Å²) in [5, 5.41) is 3.46. The van der Waals surface area contributed by atoms with E-state index in [2.05, 4.69) is 23.7 Å². The molecule has 0 spiro atoms. The minimum absolute atomic E-state index is 0.0757. The molecule has 214 valence electrons. The number of fused-ring (bicyclic) bond motifs is 2. The van der Waals surface area contributed by atoms with E-state index in [1.165, 1.54) is 0 Å². The highest BCUT2D eigenvalue weighted by Gasteiger charge is 2.37. The zero-order valence-electron chi connectivity index (χ0n) is 23.8. The maximum absolute atomic E-state index is 14.3. The predicted molar refractivity (Wildman–Crippen MR) is 156 cm³/mol. The molecule has 0 radical (unpaired) electrons. The smallest absolute Gasteiger partial charge is 0.290 e. The van der Waals surface area contributed by atoms with E-state index in [0.29, 0.717) is 58.2 Å². The number of rotatable bonds is 10. The van der Waals surface area contributed by atoms with Crippen LogP contribution in [0.3, 0.4) is 0 Å². The largest absolute Gasteiger partial charge is 0.490 e. The van der Waals surface area contributed by atoms with Crippen LogP contribution >= 0.6 is 0 Å². The Morgan fingerprint density at radius 1 is 1.12 bits per heavy atom. The molecule has 0 bridgehead atoms. The predicted octanol–water partition coefficient (Wildman–Crippen LogP) is 3.96. The van der Waals surface area contributed by atoms with Crippen molar-refractivity contribution in [3.05, 3.63) is 54.4 Å². The van der Waals surface area contributed by atoms with Crippen LogP contribution in [0.5, 0.6) is 5.75 Å². The molecule has 2 aromatic carbocycles. The van der Waals surface area contributed by atoms with Gasteiger partial charge in [0, 0.05) is 45.9 Å². The van der Waals surface area contributed by atoms with Crippen molar-refractivity contribution in [1.82, 2.24) is 19.8 Å². The summed E-state index contributed by atoms with van der Waals surface area (Å²) >= 11 is 0. The third-order valence-electron chi connectivity index (χ3n) is 7.76. The molecular formula is C31H41N5O4. The van der Waals surface area contributed by atoms with Gasteiger partial charge >= 0.3 is 0 Å². The van der Waals surface area contributed by atoms with Gasteiger partial charge in [-0.15, -0.1) is 0 Å². The molecule has 1 N–H and O–H groups in total. The first-order chi connectivity index (χ1) is 19.5. The molecule has 2 aliphatic rings. The van der Waals surface area contributed by atoms with Crippen LogP contribution in [-0.2, 0) is 16.1 Å². The Labute approximate surface area is 236 Å². The van der Waals surface area contributed by atoms with E-state index in [4.69, 9.17) is 14.5 Å². The molecule has 1 unspecified atom stereocenters. The van der Waals surface area contributed by atoms with Crippen molar-refractivity contribution < 1.29 is 19.1 Å². The molecule has 3 aromatic rings. The molecule has 2 aliphatic heterocycles. The lowest BCUT2D eigenvalue weighted by Gasteiger charge is -2.40. The van der Waals surface area contributed by atoms with Crippen LogP contribution in [0.2, 0.25) is 0 Å². The van der Waals surface area contributed by atoms with E-state index in [-0.39, 0.29) is 29.7 Å². The van der Waals surface area contributed by atoms with E-state index in [0.717, 1.165) is 35.3 Å². The van der Waals surface area contributed by atoms with E-state index >= 15 is 0 Å². The van der Waals surface area contributed by atoms with Gasteiger partial charge in [0.15, 0.2) is 5.82 Å². The van der Waals surface area contributed by atoms with Gasteiger partial charge in [-0.05, 0) is 49.4 Å². The highest BCUT2D eigenvalue weighted by Crippen LogP contribution is 2.33. The lowest BCUT2D eigenvalue weighted by molar-refractivity contribution is -0.123. The number of carbonyl (C=O) groups excluding carboxylic acids is 2. The molecule has 2 atom stereocenters. The van der Waals surface area contributed by atoms with Crippen molar-refractivity contribution in [3.63, 3.8) is 0 Å². The normalized spacial score (nSPS) is 18.9. The molecule has 40 heavy (non-hydrogen) atoms. The van der Waals surface area contributed by atoms with Gasteiger partial charge in [0.05, 0.1) is 29.2 Å². The lowest BCUT2D eigenvalue weighted by atomic mass is 9.92. The second-order valence-corrected chi connectivity index (χ2v) is 11.2. The van der Waals surface area contributed by atoms with E-state index in [1.54, 1.807) is 7.11 Å². The summed E-state index contributed by atoms with van der Waals surface area (Å²) < 4.78 is 13.1. The first-order valence-corrected chi connectivity index (χ1v) is 14.5. The number of hydrogen-bond acceptors (Lipinski definition) is 6. The average molecular weight is 548 g/mol. The molecule has 9 nitrogen and oxygen atoms in total. The number of para-hydroxylation sites is 4. The van der Waals surface area contributed by atoms with Crippen molar-refractivity contribution in [2.45, 2.75) is 45.7 Å². The number of unbranched alkanes of at least 4 members (excludes halogenated alkanes) is 1. The van der Waals surface area contributed by atoms with Gasteiger partial charge in [-0.1, -0.05) is 38.1 Å². The van der Waals surface area contributed by atoms with Gasteiger partial charge in [-0.2, -0.15) is 0 Å². The highest BCUT2D eigenvalue weighted by molar-refractivity contribution is 5.97. The minimum atomic E-state index is -0.236. The van der Waals surface area contributed by atoms with Gasteiger partial charge in [0.1, 0.15) is 12.4 Å². The Balaban J connectivity index is 1.39. The van der Waals surface area contributed by atoms with Crippen LogP contribution in [0.4, 0.5) is 5.69 Å². The van der Waals surface area contributed by atoms with E-state index in [1.807, 2.05) is 58.3 Å². The second-order valence-electron chi connectivity index (χ2n) is 11.2. The Bertz CT molecular complexity index is 1320. The number of imidazole rings is 1. The van der Waals surface area contributed by atoms with Crippen LogP contribution in [-0.4, -0.2) is 78.8 Å². The summed E-state index contributed by atoms with van der Waals surface area (Å²) in [5.74, 6) is 1.24. The topological polar surface area (TPSA) is 88.9 Å². The molecule has 1 saturated heterocycles. The van der Waals surface area contributed by atoms with E-state index < -0.39 is 0 Å². The fourth-order valence-electron chi connectivity index (χ4n) is 5.86. The maximum atomic E-state index is 14.3. The van der Waals surface area contributed by atoms with Crippen LogP contribution in [0.15, 0.2) is 48.5 Å². The van der Waals surface area contributed by atoms with Crippen molar-refractivity contribution in [3.8, 4) is 5.75 Å². The Morgan fingerprint density at radius 3 is 2.75 bits per heavy atom. The number of carbonyl (C=O) groups is 2. The zero-order chi connectivity index (χ0) is 28.1. The van der Waals surface area contributed by atoms with Crippen LogP contribution < -0.4 is 15.0 Å². The summed E-state index contributed by atoms with van der Waals surface area (Å²) in [7, 11) is 1.71. The standard InChI is InChI=1S/C31H41N5O4/c1-22(2)21-36(31(38)29-33-25-10-4-5-11-26(25)34(29)14-8-9-16-39-3)24-18-23(19-32-20-24)30(37)35-15-17-40-28-13-7-6-12-27(28)35/h4-7,10-13,22-24,32H,8-9,14-21H2,1-3H3/t23?,24-/m0/s1. The van der Waals surface area contributed by atoms with Crippen LogP contribution in [0.1, 0.15) is 43.7 Å². The van der Waals surface area contributed by atoms with Crippen molar-refractivity contribution in [2.24, 2.45) is 11.8 Å². The number of nitrogens with one attached hydrogen (secondary N) is 1. The molecule has 0 saturated carbocycles. The third-order valence-corrected chi connectivity index (χ3v) is 7.76. The van der Waals surface area contributed by atoms with Gasteiger partial charge in [0.2, 0.25) is 5.91 Å². The number of amides is 2. The molecule has 2 amide bonds. The number of piperidine rings is 1. The maximum Gasteiger partial charge on any atom is 0.290 e. The first kappa shape index (κ1) is 28.1. The lowest BCUT2D eigenvalue weighted by Crippen LogP contribution is -2.56. The molecule has 5 rings (SSSR count). The number of anilines is 1. The first-order valence-electron chi connectivity index (χ1n) is 14.5. The fraction of sp³-hybridized carbons (Fsp3) is 0.516. The number of nitrogens with zero attached hydrogens (tertiary/aromatic N) is 4. The van der Waals surface area contributed by atoms with Crippen LogP contribution in [0, 0.1) is 11.8 Å². The zero-order valence-corrected chi connectivity index (χ0v) is 23.8. The van der Waals surface area contributed by atoms with Gasteiger partial charge in [-0.25, -0.2) is 4.98 Å². The minimum Gasteiger partial charge on any atom is -0.490 e. The number of hydrogen-bond donors (Lipinski definition) is 1. The number of aryl methyl sites for hydroxylation is 1. The summed E-state index contributed by atoms with van der Waals surface area (Å²) in [6.07, 6.45) is 2.41. The molecule has 0 aliphatic carbocycles. The van der Waals surface area contributed by atoms with Crippen LogP contribution in [0.25, 0.3) is 11.0 Å². The van der Waals surface area contributed by atoms with Crippen molar-refractivity contribution in [2.75, 3.05) is 51.4 Å². The van der Waals surface area contributed by atoms with Gasteiger partial charge in [-0.3, -0.25) is 9.59 Å². The Morgan fingerprint density at radius 2 is 1.93 bits per heavy atom. The van der Waals surface area contributed by atoms with Crippen molar-refractivity contribution >= 4 is 28.5 Å². The third kappa shape index (κ3) is 6.00. The Hall–Kier alpha value is -3.43. The van der Waals surface area contributed by atoms with Gasteiger partial charge < -0.3 is 29.2 Å². The van der Waals surface area contributed by atoms with Gasteiger partial charge in [0.25, 0.3) is 5.91 Å². The molecule has 1 aromatic heterocycles. The molecule has 3 heterocycles. The van der Waals surface area contributed by atoms with Crippen molar-refractivity contribution in [1.29, 1.82) is 0 Å². The molecule has 9 heteroatoms. The average Bonchev–Trinajstić information content (AvgIpc) is 3.35. The summed E-state index contributed by atoms with van der Waals surface area (Å²) in [6.45, 7) is 8.47. The molecular weight excluding hydrogens is 506 g/mol. The number of methoxy groups -OCH3 is 1. The summed E-state index contributed by atoms with van der Waals surface area (Å²) in [5.41, 5.74) is 2.61. The highest BCUT2D eigenvalue weighted by atomic mass is 16.5. The Kier molecular flexibility index (Phi) is 9.01. The monoisotopic (exact) mass is 547 g/mol. The number of benzene rings is 2. The number of aromatic nitrogens is 2. The number of ether oxygens (including phenoxy) is 2. The second kappa shape index (κ2) is 12.8.